The highest BCUT2D eigenvalue weighted by molar-refractivity contribution is 5.80. The van der Waals surface area contributed by atoms with Crippen molar-refractivity contribution < 1.29 is 34.1 Å². The van der Waals surface area contributed by atoms with Crippen LogP contribution >= 0.6 is 0 Å². The number of carboxylic acid groups (broad SMARTS) is 1. The minimum absolute atomic E-state index is 0.100. The molecule has 9 heteroatoms. The zero-order chi connectivity index (χ0) is 32.4. The Labute approximate surface area is 253 Å². The molecule has 2 amide bonds. The fraction of sp³-hybridized carbons (Fsp3) is 0.875. The van der Waals surface area contributed by atoms with Crippen LogP contribution in [0.25, 0.3) is 0 Å². The normalized spacial score (nSPS) is 9.95. The molecule has 0 aromatic rings. The first-order valence-corrected chi connectivity index (χ1v) is 16.1. The molecule has 1 unspecified atom stereocenters. The van der Waals surface area contributed by atoms with Crippen LogP contribution in [-0.2, 0) is 23.9 Å². The first-order valence-electron chi connectivity index (χ1n) is 16.1. The van der Waals surface area contributed by atoms with Crippen LogP contribution in [0.1, 0.15) is 150 Å². The number of ether oxygens (including phenoxy) is 1. The van der Waals surface area contributed by atoms with E-state index in [1.807, 2.05) is 27.7 Å². The SMILES string of the molecule is CC.CC.CCCCCCCCCCCCCCCCCC(=O)NC(C=O)CCC(=O)NCCOC.CO.O=CO. The Morgan fingerprint density at radius 1 is 0.707 bits per heavy atom. The lowest BCUT2D eigenvalue weighted by molar-refractivity contribution is -0.125. The summed E-state index contributed by atoms with van der Waals surface area (Å²) in [6.07, 6.45) is 21.1. The number of aliphatic hydroxyl groups excluding tert-OH is 1. The number of amides is 2. The Morgan fingerprint density at radius 2 is 1.10 bits per heavy atom. The Hall–Kier alpha value is -2.00. The van der Waals surface area contributed by atoms with E-state index in [-0.39, 0.29) is 24.7 Å². The van der Waals surface area contributed by atoms with Gasteiger partial charge in [0.2, 0.25) is 11.8 Å². The van der Waals surface area contributed by atoms with Crippen LogP contribution < -0.4 is 10.6 Å². The Morgan fingerprint density at radius 3 is 1.46 bits per heavy atom. The third kappa shape index (κ3) is 51.2. The van der Waals surface area contributed by atoms with Gasteiger partial charge in [-0.3, -0.25) is 14.4 Å². The second-order valence-electron chi connectivity index (χ2n) is 9.00. The van der Waals surface area contributed by atoms with Crippen molar-refractivity contribution in [3.63, 3.8) is 0 Å². The lowest BCUT2D eigenvalue weighted by Crippen LogP contribution is -2.37. The largest absolute Gasteiger partial charge is 0.483 e. The highest BCUT2D eigenvalue weighted by Gasteiger charge is 2.13. The van der Waals surface area contributed by atoms with Crippen LogP contribution in [0.15, 0.2) is 0 Å². The number of hydrogen-bond acceptors (Lipinski definition) is 6. The van der Waals surface area contributed by atoms with E-state index >= 15 is 0 Å². The van der Waals surface area contributed by atoms with Gasteiger partial charge in [-0.25, -0.2) is 0 Å². The van der Waals surface area contributed by atoms with Crippen LogP contribution in [0, 0.1) is 0 Å². The van der Waals surface area contributed by atoms with Crippen LogP contribution in [0.5, 0.6) is 0 Å². The summed E-state index contributed by atoms with van der Waals surface area (Å²) in [6, 6.07) is -0.591. The lowest BCUT2D eigenvalue weighted by atomic mass is 10.0. The molecule has 0 aliphatic rings. The molecule has 0 rings (SSSR count). The van der Waals surface area contributed by atoms with Crippen molar-refractivity contribution in [1.29, 1.82) is 0 Å². The molecule has 4 N–H and O–H groups in total. The molecule has 9 nitrogen and oxygen atoms in total. The summed E-state index contributed by atoms with van der Waals surface area (Å²) < 4.78 is 4.87. The number of rotatable bonds is 24. The quantitative estimate of drug-likeness (QED) is 0.0710. The molecular formula is C32H68N2O7. The van der Waals surface area contributed by atoms with E-state index in [9.17, 15) is 14.4 Å². The van der Waals surface area contributed by atoms with E-state index in [1.165, 1.54) is 83.5 Å². The Balaban J connectivity index is -0.000000429. The van der Waals surface area contributed by atoms with Gasteiger partial charge in [0.1, 0.15) is 6.29 Å². The first-order chi connectivity index (χ1) is 20.0. The number of aliphatic hydroxyl groups is 1. The molecule has 0 aromatic carbocycles. The minimum atomic E-state index is -0.591. The summed E-state index contributed by atoms with van der Waals surface area (Å²) in [5, 5.41) is 19.3. The Kier molecular flexibility index (Phi) is 60.4. The van der Waals surface area contributed by atoms with Crippen LogP contribution in [0.2, 0.25) is 0 Å². The Bertz CT molecular complexity index is 506. The van der Waals surface area contributed by atoms with Gasteiger partial charge in [-0.1, -0.05) is 125 Å². The van der Waals surface area contributed by atoms with Gasteiger partial charge in [0, 0.05) is 33.6 Å². The number of methoxy groups -OCH3 is 1. The standard InChI is InChI=1S/C26H50N2O4.2C2H6.CH2O2.CH4O/c1-3-4-5-6-7-8-9-10-11-12-13-14-15-16-17-18-26(31)28-24(23-29)19-20-25(30)27-21-22-32-2;2*1-2;2-1-3;1-2/h23-24H,3-22H2,1-2H3,(H,27,30)(H,28,31);2*1-2H3;1H,(H,2,3);2H,1H3. The summed E-state index contributed by atoms with van der Waals surface area (Å²) in [4.78, 5) is 43.2. The van der Waals surface area contributed by atoms with Gasteiger partial charge in [0.25, 0.3) is 6.47 Å². The third-order valence-corrected chi connectivity index (χ3v) is 5.83. The number of hydrogen-bond donors (Lipinski definition) is 4. The second-order valence-corrected chi connectivity index (χ2v) is 9.00. The number of carbonyl (C=O) groups is 4. The van der Waals surface area contributed by atoms with Crippen molar-refractivity contribution in [2.24, 2.45) is 0 Å². The fourth-order valence-corrected chi connectivity index (χ4v) is 3.78. The molecule has 0 spiro atoms. The average molecular weight is 593 g/mol. The molecule has 0 aliphatic carbocycles. The smallest absolute Gasteiger partial charge is 0.290 e. The first kappa shape index (κ1) is 48.7. The van der Waals surface area contributed by atoms with Gasteiger partial charge in [-0.05, 0) is 12.8 Å². The van der Waals surface area contributed by atoms with E-state index in [0.29, 0.717) is 32.3 Å². The number of nitrogens with one attached hydrogen (secondary N) is 2. The third-order valence-electron chi connectivity index (χ3n) is 5.83. The zero-order valence-electron chi connectivity index (χ0n) is 27.8. The highest BCUT2D eigenvalue weighted by atomic mass is 16.5. The summed E-state index contributed by atoms with van der Waals surface area (Å²) in [5.41, 5.74) is 0. The molecule has 0 heterocycles. The summed E-state index contributed by atoms with van der Waals surface area (Å²) in [5.74, 6) is -0.234. The highest BCUT2D eigenvalue weighted by Crippen LogP contribution is 2.13. The predicted octanol–water partition coefficient (Wildman–Crippen LogP) is 6.84. The average Bonchev–Trinajstić information content (AvgIpc) is 3.00. The van der Waals surface area contributed by atoms with E-state index in [0.717, 1.165) is 20.0 Å². The van der Waals surface area contributed by atoms with E-state index < -0.39 is 6.04 Å². The summed E-state index contributed by atoms with van der Waals surface area (Å²) in [6.45, 7) is 10.9. The van der Waals surface area contributed by atoms with Gasteiger partial charge in [0.05, 0.1) is 12.6 Å². The molecule has 0 fully saturated rings. The van der Waals surface area contributed by atoms with Gasteiger partial charge in [-0.2, -0.15) is 0 Å². The molecule has 0 saturated carbocycles. The zero-order valence-corrected chi connectivity index (χ0v) is 27.8. The van der Waals surface area contributed by atoms with Gasteiger partial charge in [-0.15, -0.1) is 0 Å². The minimum Gasteiger partial charge on any atom is -0.483 e. The van der Waals surface area contributed by atoms with Crippen LogP contribution in [0.3, 0.4) is 0 Å². The molecule has 41 heavy (non-hydrogen) atoms. The maximum atomic E-state index is 12.0. The molecule has 1 atom stereocenters. The molecule has 0 saturated heterocycles. The molecule has 248 valence electrons. The monoisotopic (exact) mass is 593 g/mol. The van der Waals surface area contributed by atoms with Crippen LogP contribution in [-0.4, -0.2) is 68.2 Å². The summed E-state index contributed by atoms with van der Waals surface area (Å²) >= 11 is 0. The van der Waals surface area contributed by atoms with E-state index in [2.05, 4.69) is 17.6 Å². The predicted molar refractivity (Wildman–Crippen MR) is 171 cm³/mol. The van der Waals surface area contributed by atoms with E-state index in [4.69, 9.17) is 19.7 Å². The summed E-state index contributed by atoms with van der Waals surface area (Å²) in [7, 11) is 2.57. The van der Waals surface area contributed by atoms with Gasteiger partial charge >= 0.3 is 0 Å². The maximum Gasteiger partial charge on any atom is 0.290 e. The molecule has 0 bridgehead atoms. The van der Waals surface area contributed by atoms with Crippen molar-refractivity contribution in [3.8, 4) is 0 Å². The molecule has 0 radical (unpaired) electrons. The van der Waals surface area contributed by atoms with Gasteiger partial charge < -0.3 is 30.4 Å². The molecular weight excluding hydrogens is 524 g/mol. The van der Waals surface area contributed by atoms with Crippen LogP contribution in [0.4, 0.5) is 0 Å². The van der Waals surface area contributed by atoms with E-state index in [1.54, 1.807) is 7.11 Å². The molecule has 0 aliphatic heterocycles. The topological polar surface area (TPSA) is 142 Å². The number of unbranched alkanes of at least 4 members (excludes halogenated alkanes) is 14. The van der Waals surface area contributed by atoms with Crippen molar-refractivity contribution in [3.05, 3.63) is 0 Å². The number of carbonyl (C=O) groups excluding carboxylic acids is 3. The van der Waals surface area contributed by atoms with Crippen molar-refractivity contribution in [2.45, 2.75) is 156 Å². The maximum absolute atomic E-state index is 12.0. The fourth-order valence-electron chi connectivity index (χ4n) is 3.78. The number of aldehydes is 1. The van der Waals surface area contributed by atoms with Crippen molar-refractivity contribution >= 4 is 24.6 Å². The van der Waals surface area contributed by atoms with Gasteiger partial charge in [0.15, 0.2) is 0 Å². The second kappa shape index (κ2) is 50.8. The van der Waals surface area contributed by atoms with Crippen molar-refractivity contribution in [2.75, 3.05) is 27.4 Å². The lowest BCUT2D eigenvalue weighted by Gasteiger charge is -2.12. The molecule has 0 aromatic heterocycles. The van der Waals surface area contributed by atoms with Crippen molar-refractivity contribution in [1.82, 2.24) is 10.6 Å².